The first-order chi connectivity index (χ1) is 17.0. The molecule has 0 bridgehead atoms. The first-order valence-corrected chi connectivity index (χ1v) is 11.8. The molecule has 2 aromatic carbocycles. The molecule has 0 radical (unpaired) electrons. The molecule has 1 N–H and O–H groups in total. The van der Waals surface area contributed by atoms with Crippen LogP contribution in [-0.4, -0.2) is 72.4 Å². The standard InChI is InChI=1S/C27H31FN2O5/c1-20-7-2-5-11-26(20)35-19-21(31)15-29-12-14-34-23(16-29)18-30(17-22-8-6-13-33-22)27(32)24-9-3-4-10-25(24)28/h2-11,13,21,23,31H,12,14-19H2,1H3. The number of para-hydroxylation sites is 1. The van der Waals surface area contributed by atoms with E-state index in [1.165, 1.54) is 12.1 Å². The predicted molar refractivity (Wildman–Crippen MR) is 129 cm³/mol. The van der Waals surface area contributed by atoms with Crippen molar-refractivity contribution in [1.82, 2.24) is 9.80 Å². The molecule has 1 saturated heterocycles. The van der Waals surface area contributed by atoms with Gasteiger partial charge < -0.3 is 23.9 Å². The van der Waals surface area contributed by atoms with Crippen LogP contribution in [0.2, 0.25) is 0 Å². The van der Waals surface area contributed by atoms with Crippen LogP contribution < -0.4 is 4.74 Å². The third-order valence-electron chi connectivity index (χ3n) is 5.96. The summed E-state index contributed by atoms with van der Waals surface area (Å²) in [4.78, 5) is 16.8. The molecule has 8 heteroatoms. The summed E-state index contributed by atoms with van der Waals surface area (Å²) in [6.45, 7) is 4.70. The van der Waals surface area contributed by atoms with Gasteiger partial charge in [0.2, 0.25) is 0 Å². The van der Waals surface area contributed by atoms with E-state index in [2.05, 4.69) is 4.90 Å². The van der Waals surface area contributed by atoms with Crippen molar-refractivity contribution < 1.29 is 28.2 Å². The fourth-order valence-corrected chi connectivity index (χ4v) is 4.17. The highest BCUT2D eigenvalue weighted by Gasteiger charge is 2.28. The molecule has 1 amide bonds. The Morgan fingerprint density at radius 2 is 2.00 bits per heavy atom. The highest BCUT2D eigenvalue weighted by molar-refractivity contribution is 5.94. The van der Waals surface area contributed by atoms with Crippen molar-refractivity contribution in [2.75, 3.05) is 39.4 Å². The van der Waals surface area contributed by atoms with E-state index < -0.39 is 17.8 Å². The smallest absolute Gasteiger partial charge is 0.257 e. The van der Waals surface area contributed by atoms with Gasteiger partial charge in [-0.25, -0.2) is 4.39 Å². The molecular weight excluding hydrogens is 451 g/mol. The van der Waals surface area contributed by atoms with E-state index in [4.69, 9.17) is 13.9 Å². The molecule has 1 aliphatic heterocycles. The second kappa shape index (κ2) is 12.0. The van der Waals surface area contributed by atoms with Crippen LogP contribution in [-0.2, 0) is 11.3 Å². The molecule has 0 saturated carbocycles. The number of hydrogen-bond acceptors (Lipinski definition) is 6. The Morgan fingerprint density at radius 3 is 2.77 bits per heavy atom. The predicted octanol–water partition coefficient (Wildman–Crippen LogP) is 3.51. The van der Waals surface area contributed by atoms with E-state index in [1.807, 2.05) is 31.2 Å². The van der Waals surface area contributed by atoms with Crippen LogP contribution in [0.1, 0.15) is 21.7 Å². The number of aliphatic hydroxyl groups excluding tert-OH is 1. The molecule has 35 heavy (non-hydrogen) atoms. The summed E-state index contributed by atoms with van der Waals surface area (Å²) in [5.74, 6) is 0.370. The van der Waals surface area contributed by atoms with Gasteiger partial charge >= 0.3 is 0 Å². The maximum atomic E-state index is 14.3. The van der Waals surface area contributed by atoms with E-state index in [9.17, 15) is 14.3 Å². The first kappa shape index (κ1) is 24.9. The lowest BCUT2D eigenvalue weighted by molar-refractivity contribution is -0.0546. The summed E-state index contributed by atoms with van der Waals surface area (Å²) < 4.78 is 31.5. The molecule has 0 spiro atoms. The van der Waals surface area contributed by atoms with Gasteiger partial charge in [0.05, 0.1) is 31.1 Å². The summed E-state index contributed by atoms with van der Waals surface area (Å²) in [7, 11) is 0. The van der Waals surface area contributed by atoms with Gasteiger partial charge in [-0.1, -0.05) is 30.3 Å². The van der Waals surface area contributed by atoms with Crippen LogP contribution in [0.3, 0.4) is 0 Å². The van der Waals surface area contributed by atoms with Crippen molar-refractivity contribution in [3.63, 3.8) is 0 Å². The number of carbonyl (C=O) groups is 1. The fraction of sp³-hybridized carbons (Fsp3) is 0.370. The highest BCUT2D eigenvalue weighted by atomic mass is 19.1. The van der Waals surface area contributed by atoms with E-state index in [1.54, 1.807) is 35.4 Å². The first-order valence-electron chi connectivity index (χ1n) is 11.8. The van der Waals surface area contributed by atoms with E-state index >= 15 is 0 Å². The minimum Gasteiger partial charge on any atom is -0.491 e. The topological polar surface area (TPSA) is 75.4 Å². The van der Waals surface area contributed by atoms with Gasteiger partial charge in [-0.2, -0.15) is 0 Å². The molecule has 2 unspecified atom stereocenters. The number of rotatable bonds is 10. The number of ether oxygens (including phenoxy) is 2. The van der Waals surface area contributed by atoms with Crippen LogP contribution in [0.4, 0.5) is 4.39 Å². The molecule has 186 valence electrons. The Labute approximate surface area is 204 Å². The molecule has 1 aromatic heterocycles. The number of furan rings is 1. The van der Waals surface area contributed by atoms with Crippen molar-refractivity contribution in [2.24, 2.45) is 0 Å². The van der Waals surface area contributed by atoms with Crippen LogP contribution in [0.15, 0.2) is 71.3 Å². The van der Waals surface area contributed by atoms with E-state index in [-0.39, 0.29) is 31.4 Å². The second-order valence-electron chi connectivity index (χ2n) is 8.73. The zero-order valence-corrected chi connectivity index (χ0v) is 19.8. The van der Waals surface area contributed by atoms with Gasteiger partial charge in [-0.05, 0) is 42.8 Å². The largest absolute Gasteiger partial charge is 0.491 e. The zero-order chi connectivity index (χ0) is 24.6. The molecule has 3 aromatic rings. The van der Waals surface area contributed by atoms with Gasteiger partial charge in [0, 0.05) is 26.2 Å². The molecular formula is C27H31FN2O5. The lowest BCUT2D eigenvalue weighted by Gasteiger charge is -2.36. The van der Waals surface area contributed by atoms with E-state index in [0.717, 1.165) is 11.3 Å². The summed E-state index contributed by atoms with van der Waals surface area (Å²) in [6.07, 6.45) is 0.576. The highest BCUT2D eigenvalue weighted by Crippen LogP contribution is 2.18. The lowest BCUT2D eigenvalue weighted by Crippen LogP contribution is -2.50. The van der Waals surface area contributed by atoms with Crippen molar-refractivity contribution >= 4 is 5.91 Å². The second-order valence-corrected chi connectivity index (χ2v) is 8.73. The molecule has 1 fully saturated rings. The normalized spacial score (nSPS) is 17.2. The third kappa shape index (κ3) is 6.91. The average molecular weight is 483 g/mol. The molecule has 4 rings (SSSR count). The minimum atomic E-state index is -0.673. The Kier molecular flexibility index (Phi) is 8.52. The number of nitrogens with zero attached hydrogens (tertiary/aromatic N) is 2. The number of hydrogen-bond donors (Lipinski definition) is 1. The third-order valence-corrected chi connectivity index (χ3v) is 5.96. The fourth-order valence-electron chi connectivity index (χ4n) is 4.17. The number of β-amino-alcohol motifs (C(OH)–C–C–N with tert-alkyl or cyclic N) is 1. The molecule has 0 aliphatic carbocycles. The molecule has 2 heterocycles. The minimum absolute atomic E-state index is 0.00972. The van der Waals surface area contributed by atoms with Gasteiger partial charge in [-0.3, -0.25) is 9.69 Å². The maximum absolute atomic E-state index is 14.3. The number of amides is 1. The number of halogens is 1. The number of carbonyl (C=O) groups excluding carboxylic acids is 1. The SMILES string of the molecule is Cc1ccccc1OCC(O)CN1CCOC(CN(Cc2ccco2)C(=O)c2ccccc2F)C1. The Hall–Kier alpha value is -3.20. The van der Waals surface area contributed by atoms with Crippen LogP contribution in [0.5, 0.6) is 5.75 Å². The van der Waals surface area contributed by atoms with Crippen molar-refractivity contribution in [2.45, 2.75) is 25.7 Å². The van der Waals surface area contributed by atoms with Crippen LogP contribution in [0.25, 0.3) is 0 Å². The number of aryl methyl sites for hydroxylation is 1. The van der Waals surface area contributed by atoms with Gasteiger partial charge in [-0.15, -0.1) is 0 Å². The zero-order valence-electron chi connectivity index (χ0n) is 19.8. The van der Waals surface area contributed by atoms with E-state index in [0.29, 0.717) is 32.0 Å². The Bertz CT molecular complexity index is 1090. The quantitative estimate of drug-likeness (QED) is 0.477. The van der Waals surface area contributed by atoms with Gasteiger partial charge in [0.1, 0.15) is 30.0 Å². The summed E-state index contributed by atoms with van der Waals surface area (Å²) in [5.41, 5.74) is 1.03. The average Bonchev–Trinajstić information content (AvgIpc) is 3.36. The number of benzene rings is 2. The van der Waals surface area contributed by atoms with Gasteiger partial charge in [0.15, 0.2) is 0 Å². The van der Waals surface area contributed by atoms with Crippen molar-refractivity contribution in [3.8, 4) is 5.75 Å². The summed E-state index contributed by atoms with van der Waals surface area (Å²) in [6, 6.07) is 17.2. The molecule has 7 nitrogen and oxygen atoms in total. The lowest BCUT2D eigenvalue weighted by atomic mass is 10.1. The molecule has 1 aliphatic rings. The van der Waals surface area contributed by atoms with Crippen molar-refractivity contribution in [1.29, 1.82) is 0 Å². The molecule has 2 atom stereocenters. The van der Waals surface area contributed by atoms with Crippen molar-refractivity contribution in [3.05, 3.63) is 89.6 Å². The summed E-state index contributed by atoms with van der Waals surface area (Å²) >= 11 is 0. The maximum Gasteiger partial charge on any atom is 0.257 e. The Morgan fingerprint density at radius 1 is 1.20 bits per heavy atom. The van der Waals surface area contributed by atoms with Gasteiger partial charge in [0.25, 0.3) is 5.91 Å². The monoisotopic (exact) mass is 482 g/mol. The summed E-state index contributed by atoms with van der Waals surface area (Å²) in [5, 5.41) is 10.5. The number of morpholine rings is 1. The van der Waals surface area contributed by atoms with Crippen LogP contribution in [0, 0.1) is 12.7 Å². The Balaban J connectivity index is 1.36. The van der Waals surface area contributed by atoms with Crippen LogP contribution >= 0.6 is 0 Å². The number of aliphatic hydroxyl groups is 1.